The molecule has 0 saturated heterocycles. The van der Waals surface area contributed by atoms with Crippen LogP contribution in [0.5, 0.6) is 0 Å². The van der Waals surface area contributed by atoms with Crippen molar-refractivity contribution in [2.75, 3.05) is 0 Å². The van der Waals surface area contributed by atoms with E-state index < -0.39 is 0 Å². The molecule has 1 aliphatic carbocycles. The highest BCUT2D eigenvalue weighted by Gasteiger charge is 2.23. The molecule has 1 aliphatic rings. The van der Waals surface area contributed by atoms with E-state index in [0.29, 0.717) is 0 Å². The van der Waals surface area contributed by atoms with E-state index in [1.807, 2.05) is 23.7 Å². The maximum Gasteiger partial charge on any atom is 0.0386 e. The van der Waals surface area contributed by atoms with E-state index in [-0.39, 0.29) is 0 Å². The van der Waals surface area contributed by atoms with Crippen molar-refractivity contribution in [2.45, 2.75) is 0 Å². The summed E-state index contributed by atoms with van der Waals surface area (Å²) in [6.07, 6.45) is 3.88. The van der Waals surface area contributed by atoms with E-state index in [1.54, 1.807) is 0 Å². The summed E-state index contributed by atoms with van der Waals surface area (Å²) < 4.78 is 2.58. The van der Waals surface area contributed by atoms with Crippen LogP contribution in [-0.2, 0) is 0 Å². The zero-order valence-corrected chi connectivity index (χ0v) is 20.8. The number of nitrogens with zero attached hydrogens (tertiary/aromatic N) is 1. The highest BCUT2D eigenvalue weighted by Crippen LogP contribution is 2.50. The van der Waals surface area contributed by atoms with Gasteiger partial charge in [-0.1, -0.05) is 97.1 Å². The molecule has 2 aromatic heterocycles. The summed E-state index contributed by atoms with van der Waals surface area (Å²) >= 11 is 1.83. The summed E-state index contributed by atoms with van der Waals surface area (Å²) in [7, 11) is 0. The van der Waals surface area contributed by atoms with Crippen LogP contribution < -0.4 is 0 Å². The predicted molar refractivity (Wildman–Crippen MR) is 158 cm³/mol. The van der Waals surface area contributed by atoms with Crippen molar-refractivity contribution < 1.29 is 0 Å². The predicted octanol–water partition coefficient (Wildman–Crippen LogP) is 10.1. The first-order valence-corrected chi connectivity index (χ1v) is 13.4. The summed E-state index contributed by atoms with van der Waals surface area (Å²) in [6, 6.07) is 42.3. The maximum absolute atomic E-state index is 4.41. The van der Waals surface area contributed by atoms with Crippen molar-refractivity contribution in [3.63, 3.8) is 0 Å². The van der Waals surface area contributed by atoms with Crippen LogP contribution in [0.4, 0.5) is 0 Å². The Morgan fingerprint density at radius 2 is 0.973 bits per heavy atom. The van der Waals surface area contributed by atoms with Crippen molar-refractivity contribution in [3.8, 4) is 55.6 Å². The molecule has 0 unspecified atom stereocenters. The monoisotopic (exact) mass is 487 g/mol. The van der Waals surface area contributed by atoms with Crippen LogP contribution in [-0.4, -0.2) is 4.98 Å². The van der Waals surface area contributed by atoms with Crippen LogP contribution >= 0.6 is 11.3 Å². The van der Waals surface area contributed by atoms with Gasteiger partial charge in [0.25, 0.3) is 0 Å². The molecule has 0 bridgehead atoms. The lowest BCUT2D eigenvalue weighted by Crippen LogP contribution is -1.98. The van der Waals surface area contributed by atoms with Crippen molar-refractivity contribution >= 4 is 31.5 Å². The normalized spacial score (nSPS) is 11.8. The van der Waals surface area contributed by atoms with E-state index in [2.05, 4.69) is 120 Å². The van der Waals surface area contributed by atoms with Crippen molar-refractivity contribution in [1.82, 2.24) is 4.98 Å². The standard InChI is InChI=1S/C35H21NS/c1-2-9-25-24(8-1)26-10-3-4-11-28(26)30-15-7-14-23(35(30)29-13-6-5-12-27(25)29)22-16-17-33-31(20-22)32-21-36-19-18-34(32)37-33/h1-21H. The molecule has 2 heteroatoms. The molecule has 0 radical (unpaired) electrons. The van der Waals surface area contributed by atoms with Crippen LogP contribution in [0.3, 0.4) is 0 Å². The molecule has 37 heavy (non-hydrogen) atoms. The molecule has 5 aromatic carbocycles. The molecule has 0 N–H and O–H groups in total. The van der Waals surface area contributed by atoms with E-state index in [4.69, 9.17) is 0 Å². The fraction of sp³-hybridized carbons (Fsp3) is 0. The Bertz CT molecular complexity index is 1990. The number of benzene rings is 5. The molecule has 0 amide bonds. The van der Waals surface area contributed by atoms with Gasteiger partial charge in [0.05, 0.1) is 0 Å². The quantitative estimate of drug-likeness (QED) is 0.224. The maximum atomic E-state index is 4.41. The molecule has 0 atom stereocenters. The lowest BCUT2D eigenvalue weighted by molar-refractivity contribution is 1.37. The smallest absolute Gasteiger partial charge is 0.0386 e. The van der Waals surface area contributed by atoms with Crippen molar-refractivity contribution in [2.24, 2.45) is 0 Å². The number of thiophene rings is 1. The van der Waals surface area contributed by atoms with Gasteiger partial charge in [-0.2, -0.15) is 0 Å². The molecule has 0 saturated carbocycles. The highest BCUT2D eigenvalue weighted by atomic mass is 32.1. The number of aromatic nitrogens is 1. The third-order valence-electron chi connectivity index (χ3n) is 7.57. The summed E-state index contributed by atoms with van der Waals surface area (Å²) in [5.41, 5.74) is 12.7. The molecule has 0 fully saturated rings. The van der Waals surface area contributed by atoms with Crippen LogP contribution in [0.2, 0.25) is 0 Å². The fourth-order valence-corrected chi connectivity index (χ4v) is 6.99. The van der Waals surface area contributed by atoms with Gasteiger partial charge in [0.1, 0.15) is 0 Å². The number of rotatable bonds is 1. The zero-order chi connectivity index (χ0) is 24.3. The first-order valence-electron chi connectivity index (χ1n) is 12.5. The average Bonchev–Trinajstić information content (AvgIpc) is 3.34. The number of pyridine rings is 1. The third kappa shape index (κ3) is 3.06. The molecular formula is C35H21NS. The van der Waals surface area contributed by atoms with Gasteiger partial charge in [0, 0.05) is 32.6 Å². The zero-order valence-electron chi connectivity index (χ0n) is 20.0. The molecule has 0 spiro atoms. The summed E-state index contributed by atoms with van der Waals surface area (Å²) in [4.78, 5) is 4.41. The first-order chi connectivity index (χ1) is 18.4. The van der Waals surface area contributed by atoms with Crippen LogP contribution in [0.1, 0.15) is 0 Å². The number of hydrogen-bond donors (Lipinski definition) is 0. The van der Waals surface area contributed by atoms with Gasteiger partial charge in [-0.05, 0) is 73.8 Å². The molecule has 2 heterocycles. The molecule has 1 nitrogen and oxygen atoms in total. The Kier molecular flexibility index (Phi) is 4.46. The Hall–Kier alpha value is -4.53. The fourth-order valence-electron chi connectivity index (χ4n) is 5.94. The second kappa shape index (κ2) is 7.99. The number of fused-ring (bicyclic) bond motifs is 11. The minimum absolute atomic E-state index is 1.22. The van der Waals surface area contributed by atoms with Crippen molar-refractivity contribution in [3.05, 3.63) is 128 Å². The largest absolute Gasteiger partial charge is 0.264 e. The SMILES string of the molecule is c1ccc2c(c1)-c1ccccc1-c1cccc(-c3ccc4sc5ccncc5c4c3)c1-c1ccccc1-2. The van der Waals surface area contributed by atoms with Gasteiger partial charge in [-0.15, -0.1) is 11.3 Å². The summed E-state index contributed by atoms with van der Waals surface area (Å²) in [6.45, 7) is 0. The van der Waals surface area contributed by atoms with Crippen molar-refractivity contribution in [1.29, 1.82) is 0 Å². The van der Waals surface area contributed by atoms with Gasteiger partial charge in [-0.3, -0.25) is 4.98 Å². The van der Waals surface area contributed by atoms with E-state index in [1.165, 1.54) is 75.8 Å². The molecule has 0 aliphatic heterocycles. The lowest BCUT2D eigenvalue weighted by atomic mass is 9.78. The van der Waals surface area contributed by atoms with Crippen LogP contribution in [0.25, 0.3) is 75.8 Å². The van der Waals surface area contributed by atoms with E-state index >= 15 is 0 Å². The summed E-state index contributed by atoms with van der Waals surface area (Å²) in [5, 5.41) is 2.50. The van der Waals surface area contributed by atoms with Gasteiger partial charge < -0.3 is 0 Å². The van der Waals surface area contributed by atoms with Crippen LogP contribution in [0.15, 0.2) is 128 Å². The van der Waals surface area contributed by atoms with Gasteiger partial charge >= 0.3 is 0 Å². The minimum atomic E-state index is 1.22. The molecule has 172 valence electrons. The first kappa shape index (κ1) is 20.6. The second-order valence-corrected chi connectivity index (χ2v) is 10.6. The Labute approximate surface area is 219 Å². The Morgan fingerprint density at radius 3 is 1.68 bits per heavy atom. The number of hydrogen-bond acceptors (Lipinski definition) is 2. The van der Waals surface area contributed by atoms with E-state index in [0.717, 1.165) is 0 Å². The topological polar surface area (TPSA) is 12.9 Å². The molecule has 7 aromatic rings. The second-order valence-electron chi connectivity index (χ2n) is 9.55. The Morgan fingerprint density at radius 1 is 0.432 bits per heavy atom. The molecule has 8 rings (SSSR count). The minimum Gasteiger partial charge on any atom is -0.264 e. The average molecular weight is 488 g/mol. The van der Waals surface area contributed by atoms with Gasteiger partial charge in [-0.25, -0.2) is 0 Å². The van der Waals surface area contributed by atoms with Crippen LogP contribution in [0, 0.1) is 0 Å². The van der Waals surface area contributed by atoms with E-state index in [9.17, 15) is 0 Å². The lowest BCUT2D eigenvalue weighted by Gasteiger charge is -2.25. The van der Waals surface area contributed by atoms with Gasteiger partial charge in [0.15, 0.2) is 0 Å². The highest BCUT2D eigenvalue weighted by molar-refractivity contribution is 7.25. The third-order valence-corrected chi connectivity index (χ3v) is 8.72. The summed E-state index contributed by atoms with van der Waals surface area (Å²) in [5.74, 6) is 0. The molecular weight excluding hydrogens is 466 g/mol. The van der Waals surface area contributed by atoms with Gasteiger partial charge in [0.2, 0.25) is 0 Å². The Balaban J connectivity index is 1.49.